The van der Waals surface area contributed by atoms with Crippen LogP contribution in [0.4, 0.5) is 5.69 Å². The Morgan fingerprint density at radius 3 is 2.24 bits per heavy atom. The van der Waals surface area contributed by atoms with Gasteiger partial charge in [0.15, 0.2) is 0 Å². The van der Waals surface area contributed by atoms with Crippen molar-refractivity contribution >= 4 is 15.7 Å². The SMILES string of the molecule is CC[N+]1(CCc2ccc(NS(C)(=O)=O)cc2)CCCCC1. The van der Waals surface area contributed by atoms with Gasteiger partial charge in [-0.05, 0) is 43.9 Å². The number of benzene rings is 1. The molecule has 0 spiro atoms. The minimum absolute atomic E-state index is 0.638. The average molecular weight is 311 g/mol. The van der Waals surface area contributed by atoms with Gasteiger partial charge in [-0.2, -0.15) is 0 Å². The molecule has 1 aliphatic rings. The number of quaternary nitrogens is 1. The van der Waals surface area contributed by atoms with Crippen LogP contribution in [0.3, 0.4) is 0 Å². The van der Waals surface area contributed by atoms with Crippen LogP contribution >= 0.6 is 0 Å². The molecule has 0 radical (unpaired) electrons. The summed E-state index contributed by atoms with van der Waals surface area (Å²) in [4.78, 5) is 0. The number of likely N-dealkylation sites (tertiary alicyclic amines) is 1. The summed E-state index contributed by atoms with van der Waals surface area (Å²) in [6.07, 6.45) is 6.32. The molecule has 0 bridgehead atoms. The first-order valence-electron chi connectivity index (χ1n) is 7.84. The van der Waals surface area contributed by atoms with Crippen molar-refractivity contribution < 1.29 is 12.9 Å². The summed E-state index contributed by atoms with van der Waals surface area (Å²) in [5.41, 5.74) is 1.92. The number of likely N-dealkylation sites (N-methyl/N-ethyl adjacent to an activating group) is 1. The summed E-state index contributed by atoms with van der Waals surface area (Å²) in [6, 6.07) is 7.76. The molecule has 0 aliphatic carbocycles. The Hall–Kier alpha value is -1.07. The van der Waals surface area contributed by atoms with Gasteiger partial charge in [0.05, 0.1) is 32.4 Å². The van der Waals surface area contributed by atoms with Crippen molar-refractivity contribution in [2.75, 3.05) is 37.2 Å². The molecule has 0 amide bonds. The fourth-order valence-electron chi connectivity index (χ4n) is 3.20. The fourth-order valence-corrected chi connectivity index (χ4v) is 3.76. The molecule has 0 saturated carbocycles. The molecule has 1 heterocycles. The van der Waals surface area contributed by atoms with Gasteiger partial charge in [0, 0.05) is 12.1 Å². The lowest BCUT2D eigenvalue weighted by Crippen LogP contribution is -2.52. The topological polar surface area (TPSA) is 46.2 Å². The highest BCUT2D eigenvalue weighted by Gasteiger charge is 2.27. The van der Waals surface area contributed by atoms with E-state index in [1.54, 1.807) is 0 Å². The molecule has 0 aromatic heterocycles. The summed E-state index contributed by atoms with van der Waals surface area (Å²) in [5.74, 6) is 0. The molecule has 1 aliphatic heterocycles. The van der Waals surface area contributed by atoms with E-state index in [0.717, 1.165) is 6.42 Å². The first-order chi connectivity index (χ1) is 9.92. The summed E-state index contributed by atoms with van der Waals surface area (Å²) < 4.78 is 26.1. The van der Waals surface area contributed by atoms with Crippen LogP contribution in [-0.2, 0) is 16.4 Å². The maximum Gasteiger partial charge on any atom is 0.229 e. The number of rotatable bonds is 6. The zero-order valence-electron chi connectivity index (χ0n) is 13.1. The second-order valence-electron chi connectivity index (χ2n) is 6.21. The van der Waals surface area contributed by atoms with Crippen molar-refractivity contribution in [1.82, 2.24) is 0 Å². The van der Waals surface area contributed by atoms with E-state index in [0.29, 0.717) is 5.69 Å². The molecule has 2 rings (SSSR count). The Morgan fingerprint density at radius 2 is 1.71 bits per heavy atom. The molecule has 1 aromatic carbocycles. The van der Waals surface area contributed by atoms with Crippen LogP contribution in [0.25, 0.3) is 0 Å². The number of anilines is 1. The number of nitrogens with one attached hydrogen (secondary N) is 1. The molecule has 1 saturated heterocycles. The minimum atomic E-state index is -3.19. The average Bonchev–Trinajstić information content (AvgIpc) is 2.46. The van der Waals surface area contributed by atoms with Crippen LogP contribution in [0.5, 0.6) is 0 Å². The van der Waals surface area contributed by atoms with E-state index in [1.165, 1.54) is 61.7 Å². The van der Waals surface area contributed by atoms with Crippen LogP contribution in [0.2, 0.25) is 0 Å². The van der Waals surface area contributed by atoms with Crippen molar-refractivity contribution in [2.45, 2.75) is 32.6 Å². The van der Waals surface area contributed by atoms with Gasteiger partial charge < -0.3 is 4.48 Å². The molecule has 4 nitrogen and oxygen atoms in total. The third-order valence-corrected chi connectivity index (χ3v) is 5.17. The lowest BCUT2D eigenvalue weighted by Gasteiger charge is -2.41. The third-order valence-electron chi connectivity index (χ3n) is 4.57. The summed E-state index contributed by atoms with van der Waals surface area (Å²) in [5, 5.41) is 0. The first-order valence-corrected chi connectivity index (χ1v) is 9.73. The van der Waals surface area contributed by atoms with E-state index < -0.39 is 10.0 Å². The molecule has 1 N–H and O–H groups in total. The smallest absolute Gasteiger partial charge is 0.229 e. The van der Waals surface area contributed by atoms with Gasteiger partial charge in [-0.15, -0.1) is 0 Å². The zero-order valence-corrected chi connectivity index (χ0v) is 14.0. The van der Waals surface area contributed by atoms with Gasteiger partial charge in [-0.25, -0.2) is 8.42 Å². The number of sulfonamides is 1. The van der Waals surface area contributed by atoms with E-state index in [4.69, 9.17) is 0 Å². The highest BCUT2D eigenvalue weighted by atomic mass is 32.2. The van der Waals surface area contributed by atoms with Crippen molar-refractivity contribution in [2.24, 2.45) is 0 Å². The Morgan fingerprint density at radius 1 is 1.10 bits per heavy atom. The van der Waals surface area contributed by atoms with Crippen molar-refractivity contribution in [3.8, 4) is 0 Å². The summed E-state index contributed by atoms with van der Waals surface area (Å²) in [6.45, 7) is 7.32. The van der Waals surface area contributed by atoms with Gasteiger partial charge in [0.25, 0.3) is 0 Å². The van der Waals surface area contributed by atoms with E-state index in [-0.39, 0.29) is 0 Å². The molecule has 5 heteroatoms. The van der Waals surface area contributed by atoms with Gasteiger partial charge in [-0.3, -0.25) is 4.72 Å². The lowest BCUT2D eigenvalue weighted by molar-refractivity contribution is -0.930. The molecule has 1 fully saturated rings. The number of piperidine rings is 1. The van der Waals surface area contributed by atoms with Crippen LogP contribution in [0.15, 0.2) is 24.3 Å². The Balaban J connectivity index is 1.94. The Bertz CT molecular complexity index is 546. The maximum absolute atomic E-state index is 11.2. The maximum atomic E-state index is 11.2. The van der Waals surface area contributed by atoms with Crippen molar-refractivity contribution in [1.29, 1.82) is 0 Å². The van der Waals surface area contributed by atoms with E-state index in [1.807, 2.05) is 24.3 Å². The van der Waals surface area contributed by atoms with Gasteiger partial charge in [0.1, 0.15) is 0 Å². The first kappa shape index (κ1) is 16.3. The third kappa shape index (κ3) is 5.00. The lowest BCUT2D eigenvalue weighted by atomic mass is 10.0. The molecule has 118 valence electrons. The van der Waals surface area contributed by atoms with Crippen LogP contribution < -0.4 is 4.72 Å². The largest absolute Gasteiger partial charge is 0.324 e. The number of nitrogens with zero attached hydrogens (tertiary/aromatic N) is 1. The molecular weight excluding hydrogens is 284 g/mol. The highest BCUT2D eigenvalue weighted by molar-refractivity contribution is 7.92. The number of hydrogen-bond donors (Lipinski definition) is 1. The number of hydrogen-bond acceptors (Lipinski definition) is 2. The quantitative estimate of drug-likeness (QED) is 0.821. The molecule has 1 aromatic rings. The zero-order chi connectivity index (χ0) is 15.3. The van der Waals surface area contributed by atoms with E-state index >= 15 is 0 Å². The summed E-state index contributed by atoms with van der Waals surface area (Å²) >= 11 is 0. The standard InChI is InChI=1S/C16H27N2O2S/c1-3-18(12-5-4-6-13-18)14-11-15-7-9-16(10-8-15)17-21(2,19)20/h7-10,17H,3-6,11-14H2,1-2H3/q+1. The Kier molecular flexibility index (Phi) is 5.27. The molecule has 21 heavy (non-hydrogen) atoms. The normalized spacial score (nSPS) is 18.4. The van der Waals surface area contributed by atoms with Crippen molar-refractivity contribution in [3.63, 3.8) is 0 Å². The molecule has 0 atom stereocenters. The second kappa shape index (κ2) is 6.79. The molecule has 0 unspecified atom stereocenters. The van der Waals surface area contributed by atoms with Gasteiger partial charge in [0.2, 0.25) is 10.0 Å². The van der Waals surface area contributed by atoms with Crippen LogP contribution in [-0.4, -0.2) is 45.3 Å². The van der Waals surface area contributed by atoms with Crippen LogP contribution in [0, 0.1) is 0 Å². The highest BCUT2D eigenvalue weighted by Crippen LogP contribution is 2.20. The van der Waals surface area contributed by atoms with Crippen molar-refractivity contribution in [3.05, 3.63) is 29.8 Å². The Labute approximate surface area is 128 Å². The summed E-state index contributed by atoms with van der Waals surface area (Å²) in [7, 11) is -3.19. The molecular formula is C16H27N2O2S+. The van der Waals surface area contributed by atoms with E-state index in [2.05, 4.69) is 11.6 Å². The predicted molar refractivity (Wildman–Crippen MR) is 87.9 cm³/mol. The van der Waals surface area contributed by atoms with Crippen LogP contribution in [0.1, 0.15) is 31.7 Å². The minimum Gasteiger partial charge on any atom is -0.324 e. The van der Waals surface area contributed by atoms with Gasteiger partial charge in [-0.1, -0.05) is 12.1 Å². The second-order valence-corrected chi connectivity index (χ2v) is 7.96. The van der Waals surface area contributed by atoms with Gasteiger partial charge >= 0.3 is 0 Å². The fraction of sp³-hybridized carbons (Fsp3) is 0.625. The predicted octanol–water partition coefficient (Wildman–Crippen LogP) is 2.62. The van der Waals surface area contributed by atoms with E-state index in [9.17, 15) is 8.42 Å². The monoisotopic (exact) mass is 311 g/mol.